The lowest BCUT2D eigenvalue weighted by molar-refractivity contribution is 0.0734. The lowest BCUT2D eigenvalue weighted by Crippen LogP contribution is -2.08. The summed E-state index contributed by atoms with van der Waals surface area (Å²) in [5, 5.41) is 0. The summed E-state index contributed by atoms with van der Waals surface area (Å²) in [5.74, 6) is 0.769. The zero-order valence-electron chi connectivity index (χ0n) is 16.1. The van der Waals surface area contributed by atoms with Gasteiger partial charge in [-0.2, -0.15) is 0 Å². The molecule has 0 amide bonds. The Morgan fingerprint density at radius 3 is 2.04 bits per heavy atom. The Kier molecular flexibility index (Phi) is 6.07. The molecular weight excluding hydrogens is 352 g/mol. The number of nitrogens with zero attached hydrogens (tertiary/aromatic N) is 2. The first-order valence-corrected chi connectivity index (χ1v) is 8.83. The first kappa shape index (κ1) is 19.2. The van der Waals surface area contributed by atoms with E-state index in [1.165, 1.54) is 0 Å². The zero-order valence-corrected chi connectivity index (χ0v) is 16.1. The molecule has 142 valence electrons. The number of aliphatic imine (C=N–C) groups is 1. The number of carbonyl (C=O) groups is 1. The van der Waals surface area contributed by atoms with Crippen molar-refractivity contribution in [1.82, 2.24) is 0 Å². The van der Waals surface area contributed by atoms with Gasteiger partial charge in [0.05, 0.1) is 18.4 Å². The molecule has 28 heavy (non-hydrogen) atoms. The third kappa shape index (κ3) is 4.98. The van der Waals surface area contributed by atoms with E-state index in [0.717, 1.165) is 16.9 Å². The molecule has 0 fully saturated rings. The average molecular weight is 374 g/mol. The summed E-state index contributed by atoms with van der Waals surface area (Å²) < 4.78 is 10.5. The smallest absolute Gasteiger partial charge is 0.343 e. The van der Waals surface area contributed by atoms with Crippen molar-refractivity contribution >= 4 is 23.6 Å². The van der Waals surface area contributed by atoms with Gasteiger partial charge in [0.25, 0.3) is 0 Å². The lowest BCUT2D eigenvalue weighted by atomic mass is 10.1. The fourth-order valence-corrected chi connectivity index (χ4v) is 2.50. The van der Waals surface area contributed by atoms with Gasteiger partial charge in [0, 0.05) is 26.0 Å². The van der Waals surface area contributed by atoms with E-state index < -0.39 is 5.97 Å². The van der Waals surface area contributed by atoms with Crippen LogP contribution in [0.5, 0.6) is 11.5 Å². The van der Waals surface area contributed by atoms with Crippen LogP contribution in [0, 0.1) is 0 Å². The topological polar surface area (TPSA) is 51.1 Å². The molecule has 0 aliphatic carbocycles. The van der Waals surface area contributed by atoms with Gasteiger partial charge >= 0.3 is 5.97 Å². The summed E-state index contributed by atoms with van der Waals surface area (Å²) in [6, 6.07) is 22.0. The van der Waals surface area contributed by atoms with E-state index in [0.29, 0.717) is 17.1 Å². The van der Waals surface area contributed by atoms with Gasteiger partial charge in [-0.05, 0) is 66.2 Å². The summed E-state index contributed by atoms with van der Waals surface area (Å²) in [7, 11) is 5.59. The predicted octanol–water partition coefficient (Wildman–Crippen LogP) is 4.73. The Morgan fingerprint density at radius 2 is 1.46 bits per heavy atom. The van der Waals surface area contributed by atoms with Gasteiger partial charge in [-0.15, -0.1) is 0 Å². The number of benzene rings is 3. The third-order valence-electron chi connectivity index (χ3n) is 4.15. The summed E-state index contributed by atoms with van der Waals surface area (Å²) in [5.41, 5.74) is 3.37. The highest BCUT2D eigenvalue weighted by molar-refractivity contribution is 5.92. The zero-order chi connectivity index (χ0) is 19.9. The van der Waals surface area contributed by atoms with Crippen LogP contribution in [-0.4, -0.2) is 33.4 Å². The van der Waals surface area contributed by atoms with Gasteiger partial charge in [-0.3, -0.25) is 4.99 Å². The second kappa shape index (κ2) is 8.86. The van der Waals surface area contributed by atoms with E-state index in [-0.39, 0.29) is 0 Å². The van der Waals surface area contributed by atoms with Crippen LogP contribution in [0.3, 0.4) is 0 Å². The molecule has 0 unspecified atom stereocenters. The number of hydrogen-bond acceptors (Lipinski definition) is 5. The lowest BCUT2D eigenvalue weighted by Gasteiger charge is -2.11. The maximum Gasteiger partial charge on any atom is 0.343 e. The number of methoxy groups -OCH3 is 1. The van der Waals surface area contributed by atoms with E-state index in [1.54, 1.807) is 49.7 Å². The second-order valence-electron chi connectivity index (χ2n) is 6.36. The molecule has 0 aromatic heterocycles. The Balaban J connectivity index is 1.62. The molecule has 0 radical (unpaired) electrons. The Labute approximate surface area is 164 Å². The molecule has 3 rings (SSSR count). The van der Waals surface area contributed by atoms with Crippen LogP contribution in [-0.2, 0) is 0 Å². The largest absolute Gasteiger partial charge is 0.497 e. The van der Waals surface area contributed by atoms with Crippen LogP contribution < -0.4 is 14.4 Å². The highest BCUT2D eigenvalue weighted by Crippen LogP contribution is 2.19. The average Bonchev–Trinajstić information content (AvgIpc) is 2.73. The van der Waals surface area contributed by atoms with Crippen molar-refractivity contribution in [3.8, 4) is 11.5 Å². The minimum atomic E-state index is -0.409. The summed E-state index contributed by atoms with van der Waals surface area (Å²) in [4.78, 5) is 18.8. The molecule has 0 N–H and O–H groups in total. The van der Waals surface area contributed by atoms with E-state index in [1.807, 2.05) is 55.4 Å². The van der Waals surface area contributed by atoms with Crippen LogP contribution in [0.15, 0.2) is 77.8 Å². The molecule has 0 heterocycles. The van der Waals surface area contributed by atoms with Gasteiger partial charge in [0.2, 0.25) is 0 Å². The minimum absolute atomic E-state index is 0.409. The van der Waals surface area contributed by atoms with Gasteiger partial charge in [-0.1, -0.05) is 12.1 Å². The SMILES string of the molecule is COc1ccc(OC(=O)c2ccc(C=Nc3ccc(N(C)C)cc3)cc2)cc1. The molecule has 0 aliphatic heterocycles. The number of rotatable bonds is 6. The summed E-state index contributed by atoms with van der Waals surface area (Å²) in [6.07, 6.45) is 1.77. The highest BCUT2D eigenvalue weighted by Gasteiger charge is 2.08. The van der Waals surface area contributed by atoms with E-state index in [4.69, 9.17) is 9.47 Å². The van der Waals surface area contributed by atoms with Crippen molar-refractivity contribution in [3.63, 3.8) is 0 Å². The molecular formula is C23H22N2O3. The van der Waals surface area contributed by atoms with Crippen LogP contribution in [0.1, 0.15) is 15.9 Å². The third-order valence-corrected chi connectivity index (χ3v) is 4.15. The quantitative estimate of drug-likeness (QED) is 0.356. The number of ether oxygens (including phenoxy) is 2. The molecule has 0 saturated heterocycles. The van der Waals surface area contributed by atoms with Crippen molar-refractivity contribution in [1.29, 1.82) is 0 Å². The molecule has 0 saturated carbocycles. The van der Waals surface area contributed by atoms with E-state index in [2.05, 4.69) is 4.99 Å². The predicted molar refractivity (Wildman–Crippen MR) is 112 cm³/mol. The maximum atomic E-state index is 12.3. The van der Waals surface area contributed by atoms with Crippen molar-refractivity contribution in [3.05, 3.63) is 83.9 Å². The van der Waals surface area contributed by atoms with Crippen molar-refractivity contribution in [2.45, 2.75) is 0 Å². The summed E-state index contributed by atoms with van der Waals surface area (Å²) in [6.45, 7) is 0. The minimum Gasteiger partial charge on any atom is -0.497 e. The van der Waals surface area contributed by atoms with Crippen LogP contribution in [0.2, 0.25) is 0 Å². The summed E-state index contributed by atoms with van der Waals surface area (Å²) >= 11 is 0. The molecule has 5 nitrogen and oxygen atoms in total. The Hall–Kier alpha value is -3.60. The van der Waals surface area contributed by atoms with Gasteiger partial charge in [0.1, 0.15) is 11.5 Å². The van der Waals surface area contributed by atoms with Gasteiger partial charge in [0.15, 0.2) is 0 Å². The number of anilines is 1. The van der Waals surface area contributed by atoms with E-state index in [9.17, 15) is 4.79 Å². The first-order chi connectivity index (χ1) is 13.5. The van der Waals surface area contributed by atoms with Crippen LogP contribution >= 0.6 is 0 Å². The molecule has 3 aromatic rings. The van der Waals surface area contributed by atoms with Gasteiger partial charge < -0.3 is 14.4 Å². The highest BCUT2D eigenvalue weighted by atomic mass is 16.5. The Morgan fingerprint density at radius 1 is 0.857 bits per heavy atom. The van der Waals surface area contributed by atoms with Crippen molar-refractivity contribution in [2.75, 3.05) is 26.1 Å². The number of hydrogen-bond donors (Lipinski definition) is 0. The first-order valence-electron chi connectivity index (χ1n) is 8.83. The Bertz CT molecular complexity index is 945. The monoisotopic (exact) mass is 374 g/mol. The fraction of sp³-hybridized carbons (Fsp3) is 0.130. The normalized spacial score (nSPS) is 10.7. The number of esters is 1. The molecule has 5 heteroatoms. The van der Waals surface area contributed by atoms with Crippen molar-refractivity contribution < 1.29 is 14.3 Å². The molecule has 3 aromatic carbocycles. The van der Waals surface area contributed by atoms with Crippen molar-refractivity contribution in [2.24, 2.45) is 4.99 Å². The second-order valence-corrected chi connectivity index (χ2v) is 6.36. The number of carbonyl (C=O) groups excluding carboxylic acids is 1. The molecule has 0 aliphatic rings. The fourth-order valence-electron chi connectivity index (χ4n) is 2.50. The molecule has 0 atom stereocenters. The maximum absolute atomic E-state index is 12.3. The van der Waals surface area contributed by atoms with Gasteiger partial charge in [-0.25, -0.2) is 4.79 Å². The van der Waals surface area contributed by atoms with E-state index >= 15 is 0 Å². The molecule has 0 spiro atoms. The van der Waals surface area contributed by atoms with Crippen LogP contribution in [0.4, 0.5) is 11.4 Å². The molecule has 0 bridgehead atoms. The van der Waals surface area contributed by atoms with Crippen LogP contribution in [0.25, 0.3) is 0 Å². The standard InChI is InChI=1S/C23H22N2O3/c1-25(2)20-10-8-19(9-11-20)24-16-17-4-6-18(7-5-17)23(26)28-22-14-12-21(27-3)13-15-22/h4-16H,1-3H3.